The van der Waals surface area contributed by atoms with Crippen molar-refractivity contribution in [2.24, 2.45) is 23.3 Å². The van der Waals surface area contributed by atoms with Crippen molar-refractivity contribution in [3.63, 3.8) is 0 Å². The number of aliphatic carboxylic acids is 1. The first-order chi connectivity index (χ1) is 14.2. The fraction of sp³-hybridized carbons (Fsp3) is 0.737. The summed E-state index contributed by atoms with van der Waals surface area (Å²) in [5.41, 5.74) is 10.8. The van der Waals surface area contributed by atoms with Gasteiger partial charge in [0.2, 0.25) is 23.6 Å². The van der Waals surface area contributed by atoms with Crippen LogP contribution in [0.15, 0.2) is 0 Å². The second kappa shape index (κ2) is 12.8. The maximum atomic E-state index is 12.8. The molecule has 5 atom stereocenters. The van der Waals surface area contributed by atoms with Crippen molar-refractivity contribution in [2.75, 3.05) is 0 Å². The fourth-order valence-corrected chi connectivity index (χ4v) is 2.64. The van der Waals surface area contributed by atoms with Crippen LogP contribution in [0.25, 0.3) is 0 Å². The molecule has 5 unspecified atom stereocenters. The van der Waals surface area contributed by atoms with Crippen molar-refractivity contribution in [2.45, 2.75) is 77.7 Å². The molecule has 4 amide bonds. The van der Waals surface area contributed by atoms with E-state index in [4.69, 9.17) is 11.5 Å². The highest BCUT2D eigenvalue weighted by molar-refractivity contribution is 5.96. The predicted octanol–water partition coefficient (Wildman–Crippen LogP) is -2.19. The molecule has 0 aliphatic heterocycles. The van der Waals surface area contributed by atoms with Gasteiger partial charge in [-0.25, -0.2) is 4.79 Å². The third kappa shape index (κ3) is 10.2. The lowest BCUT2D eigenvalue weighted by Gasteiger charge is -2.26. The van der Waals surface area contributed by atoms with Crippen molar-refractivity contribution in [3.05, 3.63) is 0 Å². The van der Waals surface area contributed by atoms with Gasteiger partial charge >= 0.3 is 5.97 Å². The number of hydrogen-bond donors (Lipinski definition) is 7. The molecule has 12 heteroatoms. The summed E-state index contributed by atoms with van der Waals surface area (Å²) in [5, 5.41) is 25.8. The van der Waals surface area contributed by atoms with E-state index in [0.29, 0.717) is 0 Å². The first kappa shape index (κ1) is 28.3. The van der Waals surface area contributed by atoms with Crippen LogP contribution in [0.5, 0.6) is 0 Å². The van der Waals surface area contributed by atoms with E-state index >= 15 is 0 Å². The maximum Gasteiger partial charge on any atom is 0.326 e. The highest BCUT2D eigenvalue weighted by atomic mass is 16.4. The SMILES string of the molecule is CC(C)CC(NC(=O)C(N)C(C)O)C(=O)NC(CC(N)=O)C(=O)NC(C(=O)O)C(C)C. The minimum Gasteiger partial charge on any atom is -0.480 e. The van der Waals surface area contributed by atoms with E-state index in [1.165, 1.54) is 6.92 Å². The molecule has 0 aromatic heterocycles. The monoisotopic (exact) mass is 445 g/mol. The van der Waals surface area contributed by atoms with Crippen LogP contribution in [-0.2, 0) is 24.0 Å². The molecule has 0 bridgehead atoms. The molecule has 0 saturated carbocycles. The van der Waals surface area contributed by atoms with Crippen LogP contribution in [0, 0.1) is 11.8 Å². The Balaban J connectivity index is 5.54. The lowest BCUT2D eigenvalue weighted by atomic mass is 10.0. The second-order valence-electron chi connectivity index (χ2n) is 8.26. The van der Waals surface area contributed by atoms with Crippen LogP contribution in [0.2, 0.25) is 0 Å². The number of carboxylic acids is 1. The zero-order valence-corrected chi connectivity index (χ0v) is 18.5. The minimum absolute atomic E-state index is 0.0421. The topological polar surface area (TPSA) is 214 Å². The predicted molar refractivity (Wildman–Crippen MR) is 111 cm³/mol. The third-order valence-electron chi connectivity index (χ3n) is 4.43. The van der Waals surface area contributed by atoms with Crippen LogP contribution in [0.1, 0.15) is 47.5 Å². The Bertz CT molecular complexity index is 666. The lowest BCUT2D eigenvalue weighted by Crippen LogP contribution is -2.59. The van der Waals surface area contributed by atoms with Crippen LogP contribution in [0.3, 0.4) is 0 Å². The number of primary amides is 1. The normalized spacial score (nSPS) is 16.0. The zero-order chi connectivity index (χ0) is 24.5. The average molecular weight is 446 g/mol. The van der Waals surface area contributed by atoms with Gasteiger partial charge in [0.15, 0.2) is 0 Å². The number of aliphatic hydroxyl groups excluding tert-OH is 1. The molecule has 178 valence electrons. The number of nitrogens with one attached hydrogen (secondary N) is 3. The van der Waals surface area contributed by atoms with E-state index in [0.717, 1.165) is 0 Å². The summed E-state index contributed by atoms with van der Waals surface area (Å²) in [7, 11) is 0. The van der Waals surface area contributed by atoms with Gasteiger partial charge in [0.25, 0.3) is 0 Å². The van der Waals surface area contributed by atoms with Gasteiger partial charge in [-0.1, -0.05) is 27.7 Å². The van der Waals surface area contributed by atoms with E-state index in [1.54, 1.807) is 27.7 Å². The molecule has 0 fully saturated rings. The van der Waals surface area contributed by atoms with Crippen LogP contribution in [-0.4, -0.2) is 70.1 Å². The average Bonchev–Trinajstić information content (AvgIpc) is 2.62. The van der Waals surface area contributed by atoms with E-state index in [-0.39, 0.29) is 12.3 Å². The van der Waals surface area contributed by atoms with Crippen molar-refractivity contribution in [1.82, 2.24) is 16.0 Å². The Kier molecular flexibility index (Phi) is 11.7. The Morgan fingerprint density at radius 2 is 1.32 bits per heavy atom. The standard InChI is InChI=1S/C19H35N5O7/c1-8(2)6-11(23-18(29)14(21)10(5)25)16(27)22-12(7-13(20)26)17(28)24-15(9(3)4)19(30)31/h8-12,14-15,25H,6-7,21H2,1-5H3,(H2,20,26)(H,22,27)(H,23,29)(H,24,28)(H,30,31). The Morgan fingerprint density at radius 1 is 0.839 bits per heavy atom. The number of carbonyl (C=O) groups excluding carboxylic acids is 4. The van der Waals surface area contributed by atoms with E-state index in [2.05, 4.69) is 16.0 Å². The van der Waals surface area contributed by atoms with Crippen molar-refractivity contribution >= 4 is 29.6 Å². The molecule has 0 aliphatic rings. The zero-order valence-electron chi connectivity index (χ0n) is 18.5. The second-order valence-corrected chi connectivity index (χ2v) is 8.26. The summed E-state index contributed by atoms with van der Waals surface area (Å²) in [6, 6.07) is -5.06. The minimum atomic E-state index is -1.44. The summed E-state index contributed by atoms with van der Waals surface area (Å²) < 4.78 is 0. The van der Waals surface area contributed by atoms with Crippen LogP contribution in [0.4, 0.5) is 0 Å². The van der Waals surface area contributed by atoms with Crippen molar-refractivity contribution in [3.8, 4) is 0 Å². The van der Waals surface area contributed by atoms with Gasteiger partial charge in [-0.2, -0.15) is 0 Å². The Hall–Kier alpha value is -2.73. The number of aliphatic hydroxyl groups is 1. The molecular formula is C19H35N5O7. The molecule has 0 saturated heterocycles. The van der Waals surface area contributed by atoms with Gasteiger partial charge in [0.1, 0.15) is 24.2 Å². The largest absolute Gasteiger partial charge is 0.480 e. The van der Waals surface area contributed by atoms with E-state index in [1.807, 2.05) is 0 Å². The first-order valence-corrected chi connectivity index (χ1v) is 10.0. The third-order valence-corrected chi connectivity index (χ3v) is 4.43. The summed E-state index contributed by atoms with van der Waals surface area (Å²) >= 11 is 0. The molecule has 31 heavy (non-hydrogen) atoms. The molecule has 0 aromatic rings. The van der Waals surface area contributed by atoms with Gasteiger partial charge < -0.3 is 37.6 Å². The molecule has 0 aromatic carbocycles. The van der Waals surface area contributed by atoms with Crippen molar-refractivity contribution < 1.29 is 34.2 Å². The van der Waals surface area contributed by atoms with Gasteiger partial charge in [0.05, 0.1) is 12.5 Å². The number of hydrogen-bond acceptors (Lipinski definition) is 7. The van der Waals surface area contributed by atoms with Crippen LogP contribution >= 0.6 is 0 Å². The molecule has 9 N–H and O–H groups in total. The Morgan fingerprint density at radius 3 is 1.71 bits per heavy atom. The molecule has 0 aliphatic carbocycles. The van der Waals surface area contributed by atoms with E-state index in [9.17, 15) is 34.2 Å². The Labute approximate surface area is 181 Å². The number of rotatable bonds is 13. The fourth-order valence-electron chi connectivity index (χ4n) is 2.64. The molecular weight excluding hydrogens is 410 g/mol. The highest BCUT2D eigenvalue weighted by Gasteiger charge is 2.32. The van der Waals surface area contributed by atoms with Gasteiger partial charge in [-0.3, -0.25) is 19.2 Å². The molecule has 0 rings (SSSR count). The van der Waals surface area contributed by atoms with Gasteiger partial charge in [0, 0.05) is 0 Å². The molecule has 0 heterocycles. The number of amides is 4. The maximum absolute atomic E-state index is 12.8. The van der Waals surface area contributed by atoms with Crippen molar-refractivity contribution in [1.29, 1.82) is 0 Å². The highest BCUT2D eigenvalue weighted by Crippen LogP contribution is 2.08. The molecule has 0 radical (unpaired) electrons. The summed E-state index contributed by atoms with van der Waals surface area (Å²) in [5.74, 6) is -5.11. The van der Waals surface area contributed by atoms with Gasteiger partial charge in [-0.05, 0) is 25.2 Å². The number of carbonyl (C=O) groups is 5. The smallest absolute Gasteiger partial charge is 0.326 e. The summed E-state index contributed by atoms with van der Waals surface area (Å²) in [6.45, 7) is 8.09. The van der Waals surface area contributed by atoms with E-state index < -0.39 is 72.2 Å². The molecule has 12 nitrogen and oxygen atoms in total. The summed E-state index contributed by atoms with van der Waals surface area (Å²) in [6.07, 6.45) is -1.55. The number of carboxylic acid groups (broad SMARTS) is 1. The lowest BCUT2D eigenvalue weighted by molar-refractivity contribution is -0.143. The molecule has 0 spiro atoms. The first-order valence-electron chi connectivity index (χ1n) is 10.0. The summed E-state index contributed by atoms with van der Waals surface area (Å²) in [4.78, 5) is 60.3. The quantitative estimate of drug-likeness (QED) is 0.165. The van der Waals surface area contributed by atoms with Gasteiger partial charge in [-0.15, -0.1) is 0 Å². The number of nitrogens with two attached hydrogens (primary N) is 2. The van der Waals surface area contributed by atoms with Crippen LogP contribution < -0.4 is 27.4 Å².